The molecule has 0 unspecified atom stereocenters. The van der Waals surface area contributed by atoms with Gasteiger partial charge in [-0.25, -0.2) is 9.98 Å². The predicted molar refractivity (Wildman–Crippen MR) is 218 cm³/mol. The Morgan fingerprint density at radius 1 is 0.925 bits per heavy atom. The van der Waals surface area contributed by atoms with Crippen LogP contribution < -0.4 is 10.2 Å². The average molecular weight is 797 g/mol. The third-order valence-electron chi connectivity index (χ3n) is 8.22. The van der Waals surface area contributed by atoms with Crippen LogP contribution in [0.25, 0.3) is 16.3 Å². The van der Waals surface area contributed by atoms with E-state index >= 15 is 0 Å². The summed E-state index contributed by atoms with van der Waals surface area (Å²) >= 11 is 16.5. The molecule has 53 heavy (non-hydrogen) atoms. The molecule has 0 bridgehead atoms. The van der Waals surface area contributed by atoms with Crippen LogP contribution >= 0.6 is 58.1 Å². The first-order valence-corrected chi connectivity index (χ1v) is 19.2. The molecule has 1 fully saturated rings. The lowest BCUT2D eigenvalue weighted by Gasteiger charge is -2.16. The molecule has 1 aliphatic heterocycles. The summed E-state index contributed by atoms with van der Waals surface area (Å²) in [5.74, 6) is -0.573. The number of hydrogen-bond acceptors (Lipinski definition) is 9. The summed E-state index contributed by atoms with van der Waals surface area (Å²) in [4.78, 5) is 50.1. The maximum atomic E-state index is 13.9. The van der Waals surface area contributed by atoms with Crippen molar-refractivity contribution < 1.29 is 14.5 Å². The zero-order chi connectivity index (χ0) is 37.4. The van der Waals surface area contributed by atoms with Crippen LogP contribution in [-0.2, 0) is 4.79 Å². The number of amidine groups is 1. The number of aromatic nitrogens is 1. The number of fused-ring (bicyclic) bond motifs is 1. The van der Waals surface area contributed by atoms with Crippen molar-refractivity contribution in [2.24, 2.45) is 4.99 Å². The van der Waals surface area contributed by atoms with Gasteiger partial charge in [-0.05, 0) is 116 Å². The van der Waals surface area contributed by atoms with Crippen LogP contribution in [0.5, 0.6) is 0 Å². The number of aliphatic imine (C=N–C) groups is 1. The van der Waals surface area contributed by atoms with Crippen molar-refractivity contribution >= 4 is 114 Å². The number of aryl methyl sites for hydroxylation is 3. The smallest absolute Gasteiger partial charge is 0.283 e. The van der Waals surface area contributed by atoms with Crippen LogP contribution in [-0.4, -0.2) is 26.9 Å². The second-order valence-electron chi connectivity index (χ2n) is 12.1. The van der Waals surface area contributed by atoms with Gasteiger partial charge in [-0.3, -0.25) is 24.6 Å². The molecule has 0 saturated carbocycles. The highest BCUT2D eigenvalue weighted by molar-refractivity contribution is 8.19. The molecule has 0 spiro atoms. The number of hydrogen-bond donors (Lipinski definition) is 1. The number of rotatable bonds is 8. The third-order valence-corrected chi connectivity index (χ3v) is 12.1. The van der Waals surface area contributed by atoms with Gasteiger partial charge in [0.2, 0.25) is 0 Å². The number of nitrogens with one attached hydrogen (secondary N) is 1. The Kier molecular flexibility index (Phi) is 10.4. The molecular weight excluding hydrogens is 770 g/mol. The van der Waals surface area contributed by atoms with Crippen LogP contribution in [0.3, 0.4) is 0 Å². The summed E-state index contributed by atoms with van der Waals surface area (Å²) in [6.45, 7) is 5.72. The number of anilines is 2. The van der Waals surface area contributed by atoms with Crippen LogP contribution in [0.4, 0.5) is 22.7 Å². The van der Waals surface area contributed by atoms with E-state index in [0.29, 0.717) is 63.1 Å². The van der Waals surface area contributed by atoms with Crippen molar-refractivity contribution in [3.8, 4) is 0 Å². The Hall–Kier alpha value is -4.98. The molecule has 2 heterocycles. The van der Waals surface area contributed by atoms with Gasteiger partial charge >= 0.3 is 0 Å². The number of benzene rings is 5. The van der Waals surface area contributed by atoms with E-state index in [-0.39, 0.29) is 17.5 Å². The first-order valence-electron chi connectivity index (χ1n) is 16.0. The van der Waals surface area contributed by atoms with E-state index in [1.165, 1.54) is 34.1 Å². The van der Waals surface area contributed by atoms with Gasteiger partial charge in [0.25, 0.3) is 17.5 Å². The number of nitro groups is 1. The van der Waals surface area contributed by atoms with Gasteiger partial charge in [0, 0.05) is 27.4 Å². The highest BCUT2D eigenvalue weighted by atomic mass is 35.5. The van der Waals surface area contributed by atoms with E-state index in [9.17, 15) is 19.7 Å². The topological polar surface area (TPSA) is 118 Å². The van der Waals surface area contributed by atoms with Crippen molar-refractivity contribution in [1.82, 2.24) is 4.98 Å². The van der Waals surface area contributed by atoms with Crippen molar-refractivity contribution in [2.45, 2.75) is 30.0 Å². The first-order chi connectivity index (χ1) is 25.4. The largest absolute Gasteiger partial charge is 0.322 e. The molecule has 1 saturated heterocycles. The zero-order valence-corrected chi connectivity index (χ0v) is 32.2. The van der Waals surface area contributed by atoms with Crippen LogP contribution in [0.1, 0.15) is 32.6 Å². The maximum Gasteiger partial charge on any atom is 0.283 e. The van der Waals surface area contributed by atoms with Crippen molar-refractivity contribution in [2.75, 3.05) is 10.2 Å². The van der Waals surface area contributed by atoms with E-state index in [2.05, 4.69) is 10.3 Å². The molecule has 6 aromatic rings. The van der Waals surface area contributed by atoms with Crippen molar-refractivity contribution in [3.63, 3.8) is 0 Å². The highest BCUT2D eigenvalue weighted by Crippen LogP contribution is 2.42. The van der Waals surface area contributed by atoms with Gasteiger partial charge in [0.05, 0.1) is 36.3 Å². The summed E-state index contributed by atoms with van der Waals surface area (Å²) in [6.07, 6.45) is 1.62. The fourth-order valence-corrected chi connectivity index (χ4v) is 8.79. The molecule has 0 aliphatic carbocycles. The van der Waals surface area contributed by atoms with Gasteiger partial charge in [-0.15, -0.1) is 11.3 Å². The molecule has 14 heteroatoms. The minimum absolute atomic E-state index is 0.129. The summed E-state index contributed by atoms with van der Waals surface area (Å²) in [5, 5.41) is 16.7. The number of carbonyl (C=O) groups is 2. The minimum atomic E-state index is -0.450. The number of nitrogens with zero attached hydrogens (tertiary/aromatic N) is 4. The highest BCUT2D eigenvalue weighted by Gasteiger charge is 2.35. The van der Waals surface area contributed by atoms with Gasteiger partial charge in [0.1, 0.15) is 0 Å². The van der Waals surface area contributed by atoms with E-state index in [0.717, 1.165) is 33.2 Å². The Labute approximate surface area is 326 Å². The molecular formula is C39H27Cl2N5O4S3. The second kappa shape index (κ2) is 15.2. The third kappa shape index (κ3) is 8.02. The number of thiazole rings is 1. The van der Waals surface area contributed by atoms with E-state index in [1.807, 2.05) is 57.2 Å². The van der Waals surface area contributed by atoms with Gasteiger partial charge < -0.3 is 5.32 Å². The Balaban J connectivity index is 1.15. The molecule has 1 aliphatic rings. The monoisotopic (exact) mass is 795 g/mol. The zero-order valence-electron chi connectivity index (χ0n) is 28.2. The van der Waals surface area contributed by atoms with Crippen molar-refractivity contribution in [3.05, 3.63) is 150 Å². The van der Waals surface area contributed by atoms with E-state index < -0.39 is 4.92 Å². The number of amides is 2. The molecule has 0 radical (unpaired) electrons. The quantitative estimate of drug-likeness (QED) is 0.0925. The maximum absolute atomic E-state index is 13.9. The molecule has 264 valence electrons. The minimum Gasteiger partial charge on any atom is -0.322 e. The molecule has 1 N–H and O–H groups in total. The lowest BCUT2D eigenvalue weighted by Crippen LogP contribution is -2.28. The molecule has 9 nitrogen and oxygen atoms in total. The summed E-state index contributed by atoms with van der Waals surface area (Å²) < 4.78 is 1.42. The Morgan fingerprint density at radius 3 is 2.38 bits per heavy atom. The number of thioether (sulfide) groups is 1. The standard InChI is InChI=1S/C39H27Cl2N5O4S3/c1-21-4-9-25(10-5-21)36(47)42-27-12-14-31-34(19-27)53-39(44-31)52-33-15-8-24(16-32(33)46(49)50)17-35-37(48)45(28-13-7-23(3)30(41)20-28)38(51-35)43-26-11-6-22(2)29(40)18-26/h4-20H,1-3H3,(H,42,47)/b35-17-,43-38?. The Morgan fingerprint density at radius 2 is 1.66 bits per heavy atom. The second-order valence-corrected chi connectivity index (χ2v) is 16.2. The number of nitro benzene ring substituents is 1. The average Bonchev–Trinajstić information content (AvgIpc) is 3.67. The van der Waals surface area contributed by atoms with Crippen LogP contribution in [0, 0.1) is 30.9 Å². The number of carbonyl (C=O) groups excluding carboxylic acids is 2. The van der Waals surface area contributed by atoms with Gasteiger partial charge in [-0.1, -0.05) is 70.9 Å². The lowest BCUT2D eigenvalue weighted by atomic mass is 10.1. The van der Waals surface area contributed by atoms with E-state index in [1.54, 1.807) is 60.7 Å². The fraction of sp³-hybridized carbons (Fsp3) is 0.0769. The molecule has 0 atom stereocenters. The van der Waals surface area contributed by atoms with E-state index in [4.69, 9.17) is 28.2 Å². The first kappa shape index (κ1) is 36.4. The summed E-state index contributed by atoms with van der Waals surface area (Å²) in [5.41, 5.74) is 6.13. The van der Waals surface area contributed by atoms with Crippen LogP contribution in [0.15, 0.2) is 116 Å². The molecule has 1 aromatic heterocycles. The van der Waals surface area contributed by atoms with Crippen LogP contribution in [0.2, 0.25) is 10.0 Å². The summed E-state index contributed by atoms with van der Waals surface area (Å²) in [7, 11) is 0. The normalized spacial score (nSPS) is 14.4. The SMILES string of the molecule is Cc1ccc(C(=O)Nc2ccc3nc(Sc4ccc(/C=C5\SC(=Nc6ccc(C)c(Cl)c6)N(c6ccc(C)c(Cl)c6)C5=O)cc4[N+](=O)[O-])sc3c2)cc1. The Bertz CT molecular complexity index is 2540. The molecule has 2 amide bonds. The predicted octanol–water partition coefficient (Wildman–Crippen LogP) is 11.6. The molecule has 5 aromatic carbocycles. The van der Waals surface area contributed by atoms with Gasteiger partial charge in [-0.2, -0.15) is 0 Å². The lowest BCUT2D eigenvalue weighted by molar-refractivity contribution is -0.387. The fourth-order valence-electron chi connectivity index (χ4n) is 5.29. The summed E-state index contributed by atoms with van der Waals surface area (Å²) in [6, 6.07) is 28.3. The van der Waals surface area contributed by atoms with Crippen molar-refractivity contribution in [1.29, 1.82) is 0 Å². The number of halogens is 2. The molecule has 7 rings (SSSR count). The van der Waals surface area contributed by atoms with Gasteiger partial charge in [0.15, 0.2) is 9.51 Å².